The highest BCUT2D eigenvalue weighted by molar-refractivity contribution is 7.13. The standard InChI is InChI=1S/C18H21F3N4OS/c19-18(20,21)13-5-4-6-14(9-13)22-10-16(26)24-17-23-15(12-27-17)11-25-7-2-1-3-8-25/h4-6,9,12,22H,1-3,7-8,10-11H2,(H,23,24,26). The molecule has 2 N–H and O–H groups in total. The van der Waals surface area contributed by atoms with Gasteiger partial charge < -0.3 is 10.6 Å². The average Bonchev–Trinajstić information content (AvgIpc) is 3.07. The lowest BCUT2D eigenvalue weighted by Crippen LogP contribution is -2.29. The number of carbonyl (C=O) groups is 1. The molecule has 1 aliphatic heterocycles. The van der Waals surface area contributed by atoms with E-state index in [9.17, 15) is 18.0 Å². The molecule has 0 spiro atoms. The van der Waals surface area contributed by atoms with Crippen molar-refractivity contribution in [3.8, 4) is 0 Å². The van der Waals surface area contributed by atoms with Crippen LogP contribution in [0.4, 0.5) is 24.0 Å². The molecule has 1 aromatic heterocycles. The monoisotopic (exact) mass is 398 g/mol. The maximum Gasteiger partial charge on any atom is 0.416 e. The van der Waals surface area contributed by atoms with Gasteiger partial charge in [-0.1, -0.05) is 12.5 Å². The Bertz CT molecular complexity index is 772. The largest absolute Gasteiger partial charge is 0.416 e. The number of halogens is 3. The zero-order valence-corrected chi connectivity index (χ0v) is 15.5. The van der Waals surface area contributed by atoms with Crippen LogP contribution in [0.3, 0.4) is 0 Å². The van der Waals surface area contributed by atoms with E-state index in [1.807, 2.05) is 5.38 Å². The molecular weight excluding hydrogens is 377 g/mol. The van der Waals surface area contributed by atoms with Crippen LogP contribution in [0.25, 0.3) is 0 Å². The molecule has 1 amide bonds. The van der Waals surface area contributed by atoms with Crippen molar-refractivity contribution < 1.29 is 18.0 Å². The summed E-state index contributed by atoms with van der Waals surface area (Å²) in [6.07, 6.45) is -0.733. The minimum atomic E-state index is -4.41. The van der Waals surface area contributed by atoms with Crippen LogP contribution in [0.15, 0.2) is 29.6 Å². The Hall–Kier alpha value is -2.13. The SMILES string of the molecule is O=C(CNc1cccc(C(F)(F)F)c1)Nc1nc(CN2CCCCC2)cs1. The summed E-state index contributed by atoms with van der Waals surface area (Å²) in [6.45, 7) is 2.78. The van der Waals surface area contributed by atoms with E-state index < -0.39 is 11.7 Å². The van der Waals surface area contributed by atoms with Gasteiger partial charge >= 0.3 is 6.18 Å². The van der Waals surface area contributed by atoms with E-state index in [0.717, 1.165) is 37.5 Å². The fraction of sp³-hybridized carbons (Fsp3) is 0.444. The van der Waals surface area contributed by atoms with Crippen LogP contribution < -0.4 is 10.6 Å². The maximum absolute atomic E-state index is 12.7. The van der Waals surface area contributed by atoms with Gasteiger partial charge in [0.15, 0.2) is 5.13 Å². The van der Waals surface area contributed by atoms with Crippen molar-refractivity contribution in [2.24, 2.45) is 0 Å². The van der Waals surface area contributed by atoms with E-state index >= 15 is 0 Å². The zero-order chi connectivity index (χ0) is 19.3. The number of alkyl halides is 3. The number of benzene rings is 1. The smallest absolute Gasteiger partial charge is 0.376 e. The fourth-order valence-electron chi connectivity index (χ4n) is 2.93. The summed E-state index contributed by atoms with van der Waals surface area (Å²) in [5.41, 5.74) is 0.406. The summed E-state index contributed by atoms with van der Waals surface area (Å²) in [5.74, 6) is -0.355. The number of nitrogens with zero attached hydrogens (tertiary/aromatic N) is 2. The van der Waals surface area contributed by atoms with Gasteiger partial charge in [-0.2, -0.15) is 13.2 Å². The number of aromatic nitrogens is 1. The molecule has 0 bridgehead atoms. The number of likely N-dealkylation sites (tertiary alicyclic amines) is 1. The van der Waals surface area contributed by atoms with Crippen molar-refractivity contribution in [3.63, 3.8) is 0 Å². The lowest BCUT2D eigenvalue weighted by atomic mass is 10.1. The first kappa shape index (κ1) is 19.6. The number of amides is 1. The van der Waals surface area contributed by atoms with E-state index in [0.29, 0.717) is 5.13 Å². The second-order valence-corrected chi connectivity index (χ2v) is 7.32. The van der Waals surface area contributed by atoms with Gasteiger partial charge in [-0.05, 0) is 44.1 Å². The Morgan fingerprint density at radius 2 is 2.00 bits per heavy atom. The first-order valence-corrected chi connectivity index (χ1v) is 9.66. The third-order valence-corrected chi connectivity index (χ3v) is 5.08. The number of piperidine rings is 1. The van der Waals surface area contributed by atoms with Gasteiger partial charge in [-0.25, -0.2) is 4.98 Å². The van der Waals surface area contributed by atoms with Crippen molar-refractivity contribution in [2.45, 2.75) is 32.0 Å². The lowest BCUT2D eigenvalue weighted by Gasteiger charge is -2.25. The predicted octanol–water partition coefficient (Wildman–Crippen LogP) is 4.20. The molecule has 1 fully saturated rings. The number of rotatable bonds is 6. The van der Waals surface area contributed by atoms with Gasteiger partial charge in [-0.15, -0.1) is 11.3 Å². The van der Waals surface area contributed by atoms with Gasteiger partial charge in [0.1, 0.15) is 0 Å². The van der Waals surface area contributed by atoms with E-state index in [4.69, 9.17) is 0 Å². The average molecular weight is 398 g/mol. The van der Waals surface area contributed by atoms with Crippen molar-refractivity contribution in [1.29, 1.82) is 0 Å². The number of nitrogens with one attached hydrogen (secondary N) is 2. The van der Waals surface area contributed by atoms with E-state index in [1.54, 1.807) is 0 Å². The Labute approximate surface area is 159 Å². The highest BCUT2D eigenvalue weighted by atomic mass is 32.1. The van der Waals surface area contributed by atoms with Crippen LogP contribution in [0, 0.1) is 0 Å². The van der Waals surface area contributed by atoms with E-state index in [-0.39, 0.29) is 18.1 Å². The molecule has 3 rings (SSSR count). The molecule has 5 nitrogen and oxygen atoms in total. The molecule has 146 valence electrons. The third-order valence-electron chi connectivity index (χ3n) is 4.28. The summed E-state index contributed by atoms with van der Waals surface area (Å²) < 4.78 is 38.1. The van der Waals surface area contributed by atoms with Gasteiger partial charge in [0, 0.05) is 17.6 Å². The fourth-order valence-corrected chi connectivity index (χ4v) is 3.65. The molecular formula is C18H21F3N4OS. The lowest BCUT2D eigenvalue weighted by molar-refractivity contribution is -0.137. The van der Waals surface area contributed by atoms with Crippen molar-refractivity contribution >= 4 is 28.1 Å². The number of hydrogen-bond acceptors (Lipinski definition) is 5. The Morgan fingerprint density at radius 3 is 2.74 bits per heavy atom. The number of hydrogen-bond donors (Lipinski definition) is 2. The number of thiazole rings is 1. The molecule has 1 aromatic carbocycles. The van der Waals surface area contributed by atoms with Crippen LogP contribution in [-0.4, -0.2) is 35.4 Å². The van der Waals surface area contributed by atoms with Crippen LogP contribution in [0.5, 0.6) is 0 Å². The van der Waals surface area contributed by atoms with Crippen molar-refractivity contribution in [3.05, 3.63) is 40.9 Å². The van der Waals surface area contributed by atoms with Gasteiger partial charge in [0.25, 0.3) is 0 Å². The zero-order valence-electron chi connectivity index (χ0n) is 14.7. The van der Waals surface area contributed by atoms with Gasteiger partial charge in [0.05, 0.1) is 17.8 Å². The number of carbonyl (C=O) groups excluding carboxylic acids is 1. The predicted molar refractivity (Wildman–Crippen MR) is 99.8 cm³/mol. The second kappa shape index (κ2) is 8.71. The topological polar surface area (TPSA) is 57.3 Å². The first-order chi connectivity index (χ1) is 12.9. The Morgan fingerprint density at radius 1 is 1.22 bits per heavy atom. The van der Waals surface area contributed by atoms with Crippen LogP contribution >= 0.6 is 11.3 Å². The maximum atomic E-state index is 12.7. The summed E-state index contributed by atoms with van der Waals surface area (Å²) in [5, 5.41) is 7.81. The third kappa shape index (κ3) is 5.93. The molecule has 0 saturated carbocycles. The molecule has 1 saturated heterocycles. The van der Waals surface area contributed by atoms with E-state index in [2.05, 4.69) is 20.5 Å². The molecule has 2 heterocycles. The molecule has 27 heavy (non-hydrogen) atoms. The summed E-state index contributed by atoms with van der Waals surface area (Å²) >= 11 is 1.35. The Kier molecular flexibility index (Phi) is 6.33. The minimum absolute atomic E-state index is 0.137. The quantitative estimate of drug-likeness (QED) is 0.766. The highest BCUT2D eigenvalue weighted by Crippen LogP contribution is 2.30. The van der Waals surface area contributed by atoms with Crippen molar-refractivity contribution in [2.75, 3.05) is 30.3 Å². The van der Waals surface area contributed by atoms with E-state index in [1.165, 1.54) is 42.7 Å². The van der Waals surface area contributed by atoms with Crippen LogP contribution in [0.1, 0.15) is 30.5 Å². The summed E-state index contributed by atoms with van der Waals surface area (Å²) in [4.78, 5) is 18.8. The Balaban J connectivity index is 1.48. The summed E-state index contributed by atoms with van der Waals surface area (Å²) in [7, 11) is 0. The van der Waals surface area contributed by atoms with Gasteiger partial charge in [-0.3, -0.25) is 9.69 Å². The van der Waals surface area contributed by atoms with Crippen molar-refractivity contribution in [1.82, 2.24) is 9.88 Å². The summed E-state index contributed by atoms with van der Waals surface area (Å²) in [6, 6.07) is 4.76. The second-order valence-electron chi connectivity index (χ2n) is 6.46. The molecule has 0 unspecified atom stereocenters. The van der Waals surface area contributed by atoms with Crippen LogP contribution in [-0.2, 0) is 17.5 Å². The minimum Gasteiger partial charge on any atom is -0.376 e. The normalized spacial score (nSPS) is 15.5. The molecule has 0 radical (unpaired) electrons. The molecule has 9 heteroatoms. The molecule has 2 aromatic rings. The molecule has 0 aliphatic carbocycles. The first-order valence-electron chi connectivity index (χ1n) is 8.78. The van der Waals surface area contributed by atoms with Crippen LogP contribution in [0.2, 0.25) is 0 Å². The molecule has 0 atom stereocenters. The highest BCUT2D eigenvalue weighted by Gasteiger charge is 2.30. The van der Waals surface area contributed by atoms with Gasteiger partial charge in [0.2, 0.25) is 5.91 Å². The number of anilines is 2. The molecule has 1 aliphatic rings.